The van der Waals surface area contributed by atoms with Crippen LogP contribution in [0.1, 0.15) is 20.7 Å². The van der Waals surface area contributed by atoms with Crippen LogP contribution in [0.25, 0.3) is 10.2 Å². The first-order chi connectivity index (χ1) is 15.8. The van der Waals surface area contributed by atoms with Gasteiger partial charge in [0.15, 0.2) is 4.80 Å². The zero-order valence-electron chi connectivity index (χ0n) is 17.7. The summed E-state index contributed by atoms with van der Waals surface area (Å²) in [5.74, 6) is -0.909. The molecule has 0 radical (unpaired) electrons. The number of hydrogen-bond donors (Lipinski definition) is 1. The van der Waals surface area contributed by atoms with E-state index < -0.39 is 21.9 Å². The molecule has 10 heteroatoms. The van der Waals surface area contributed by atoms with E-state index in [4.69, 9.17) is 4.74 Å². The molecule has 1 heterocycles. The Hall–Kier alpha value is -3.76. The molecule has 0 saturated heterocycles. The molecule has 0 aliphatic rings. The summed E-state index contributed by atoms with van der Waals surface area (Å²) in [6.07, 6.45) is 0. The van der Waals surface area contributed by atoms with E-state index in [9.17, 15) is 18.0 Å². The van der Waals surface area contributed by atoms with Gasteiger partial charge in [-0.3, -0.25) is 9.52 Å². The third-order valence-corrected chi connectivity index (χ3v) is 7.36. The number of nitrogens with zero attached hydrogens (tertiary/aromatic N) is 2. The number of fused-ring (bicyclic) bond motifs is 1. The van der Waals surface area contributed by atoms with Gasteiger partial charge in [0, 0.05) is 18.3 Å². The molecular formula is C23H19N3O5S2. The van der Waals surface area contributed by atoms with Crippen molar-refractivity contribution in [1.29, 1.82) is 0 Å². The van der Waals surface area contributed by atoms with Crippen LogP contribution >= 0.6 is 11.3 Å². The summed E-state index contributed by atoms with van der Waals surface area (Å²) >= 11 is 1.27. The minimum Gasteiger partial charge on any atom is -0.465 e. The zero-order chi connectivity index (χ0) is 23.6. The molecule has 0 aliphatic heterocycles. The highest BCUT2D eigenvalue weighted by molar-refractivity contribution is 7.92. The number of aromatic nitrogens is 1. The van der Waals surface area contributed by atoms with E-state index in [1.165, 1.54) is 54.8 Å². The third-order valence-electron chi connectivity index (χ3n) is 4.87. The highest BCUT2D eigenvalue weighted by atomic mass is 32.2. The van der Waals surface area contributed by atoms with Gasteiger partial charge in [-0.05, 0) is 54.6 Å². The van der Waals surface area contributed by atoms with E-state index in [1.807, 2.05) is 0 Å². The number of amides is 1. The fraction of sp³-hybridized carbons (Fsp3) is 0.0870. The number of carbonyl (C=O) groups is 2. The second-order valence-corrected chi connectivity index (χ2v) is 9.72. The second kappa shape index (κ2) is 9.00. The number of hydrogen-bond acceptors (Lipinski definition) is 6. The average molecular weight is 482 g/mol. The smallest absolute Gasteiger partial charge is 0.337 e. The quantitative estimate of drug-likeness (QED) is 0.439. The standard InChI is InChI=1S/C23H19N3O5S2/c1-26-19-13-10-16(22(28)31-2)14-20(19)32-23(26)24-21(27)15-8-11-17(12-9-15)25-33(29,30)18-6-4-3-5-7-18/h3-14,25H,1-2H3. The van der Waals surface area contributed by atoms with E-state index in [1.54, 1.807) is 48.0 Å². The lowest BCUT2D eigenvalue weighted by molar-refractivity contribution is 0.0600. The Bertz CT molecular complexity index is 1520. The van der Waals surface area contributed by atoms with Gasteiger partial charge in [-0.1, -0.05) is 29.5 Å². The number of anilines is 1. The van der Waals surface area contributed by atoms with Crippen LogP contribution in [0.2, 0.25) is 0 Å². The second-order valence-electron chi connectivity index (χ2n) is 7.03. The van der Waals surface area contributed by atoms with Crippen LogP contribution in [0, 0.1) is 0 Å². The summed E-state index contributed by atoms with van der Waals surface area (Å²) in [7, 11) is -0.620. The van der Waals surface area contributed by atoms with Crippen molar-refractivity contribution in [3.63, 3.8) is 0 Å². The monoisotopic (exact) mass is 481 g/mol. The van der Waals surface area contributed by atoms with Crippen LogP contribution in [0.3, 0.4) is 0 Å². The van der Waals surface area contributed by atoms with Crippen molar-refractivity contribution < 1.29 is 22.7 Å². The minimum atomic E-state index is -3.72. The predicted molar refractivity (Wildman–Crippen MR) is 126 cm³/mol. The van der Waals surface area contributed by atoms with Crippen molar-refractivity contribution in [3.05, 3.63) is 88.7 Å². The fourth-order valence-corrected chi connectivity index (χ4v) is 5.27. The zero-order valence-corrected chi connectivity index (χ0v) is 19.3. The molecule has 4 aromatic rings. The topological polar surface area (TPSA) is 107 Å². The number of thiazole rings is 1. The number of sulfonamides is 1. The lowest BCUT2D eigenvalue weighted by atomic mass is 10.2. The van der Waals surface area contributed by atoms with Crippen LogP contribution in [-0.2, 0) is 21.8 Å². The van der Waals surface area contributed by atoms with Gasteiger partial charge in [-0.25, -0.2) is 13.2 Å². The third kappa shape index (κ3) is 4.71. The molecular weight excluding hydrogens is 462 g/mol. The highest BCUT2D eigenvalue weighted by Crippen LogP contribution is 2.20. The van der Waals surface area contributed by atoms with E-state index in [-0.39, 0.29) is 4.90 Å². The number of carbonyl (C=O) groups excluding carboxylic acids is 2. The largest absolute Gasteiger partial charge is 0.465 e. The molecule has 0 atom stereocenters. The average Bonchev–Trinajstić information content (AvgIpc) is 3.13. The van der Waals surface area contributed by atoms with Crippen LogP contribution in [-0.4, -0.2) is 32.0 Å². The molecule has 8 nitrogen and oxygen atoms in total. The molecule has 1 amide bonds. The molecule has 0 bridgehead atoms. The number of ether oxygens (including phenoxy) is 1. The number of methoxy groups -OCH3 is 1. The molecule has 0 aliphatic carbocycles. The van der Waals surface area contributed by atoms with Gasteiger partial charge in [0.05, 0.1) is 27.8 Å². The Morgan fingerprint density at radius 2 is 1.64 bits per heavy atom. The van der Waals surface area contributed by atoms with Crippen LogP contribution in [0.5, 0.6) is 0 Å². The molecule has 3 aromatic carbocycles. The molecule has 4 rings (SSSR count). The number of esters is 1. The SMILES string of the molecule is COC(=O)c1ccc2c(c1)sc(=NC(=O)c1ccc(NS(=O)(=O)c3ccccc3)cc1)n2C. The van der Waals surface area contributed by atoms with Gasteiger partial charge in [-0.2, -0.15) is 4.99 Å². The van der Waals surface area contributed by atoms with Gasteiger partial charge >= 0.3 is 5.97 Å². The van der Waals surface area contributed by atoms with Crippen molar-refractivity contribution in [1.82, 2.24) is 4.57 Å². The first-order valence-corrected chi connectivity index (χ1v) is 12.0. The van der Waals surface area contributed by atoms with Crippen LogP contribution in [0.15, 0.2) is 82.7 Å². The summed E-state index contributed by atoms with van der Waals surface area (Å²) < 4.78 is 34.7. The molecule has 33 heavy (non-hydrogen) atoms. The van der Waals surface area contributed by atoms with Crippen molar-refractivity contribution in [2.24, 2.45) is 12.0 Å². The predicted octanol–water partition coefficient (Wildman–Crippen LogP) is 3.57. The number of nitrogens with one attached hydrogen (secondary N) is 1. The van der Waals surface area contributed by atoms with Gasteiger partial charge < -0.3 is 9.30 Å². The Morgan fingerprint density at radius 3 is 2.30 bits per heavy atom. The Labute approximate surface area is 193 Å². The fourth-order valence-electron chi connectivity index (χ4n) is 3.13. The van der Waals surface area contributed by atoms with Crippen molar-refractivity contribution >= 4 is 49.1 Å². The maximum atomic E-state index is 12.7. The lowest BCUT2D eigenvalue weighted by Gasteiger charge is -2.08. The molecule has 0 spiro atoms. The van der Waals surface area contributed by atoms with Gasteiger partial charge in [-0.15, -0.1) is 0 Å². The van der Waals surface area contributed by atoms with Crippen molar-refractivity contribution in [2.45, 2.75) is 4.90 Å². The van der Waals surface area contributed by atoms with Crippen molar-refractivity contribution in [3.8, 4) is 0 Å². The molecule has 0 fully saturated rings. The first kappa shape index (κ1) is 22.4. The Balaban J connectivity index is 1.58. The number of rotatable bonds is 5. The lowest BCUT2D eigenvalue weighted by Crippen LogP contribution is -2.14. The van der Waals surface area contributed by atoms with Gasteiger partial charge in [0.1, 0.15) is 0 Å². The highest BCUT2D eigenvalue weighted by Gasteiger charge is 2.14. The number of benzene rings is 3. The molecule has 1 N–H and O–H groups in total. The minimum absolute atomic E-state index is 0.146. The van der Waals surface area contributed by atoms with E-state index in [0.717, 1.165) is 10.2 Å². The maximum absolute atomic E-state index is 12.7. The summed E-state index contributed by atoms with van der Waals surface area (Å²) in [5, 5.41) is 0. The first-order valence-electron chi connectivity index (χ1n) is 9.73. The normalized spacial score (nSPS) is 12.0. The summed E-state index contributed by atoms with van der Waals surface area (Å²) in [6, 6.07) is 19.2. The van der Waals surface area contributed by atoms with Crippen LogP contribution < -0.4 is 9.52 Å². The van der Waals surface area contributed by atoms with Gasteiger partial charge in [0.2, 0.25) is 0 Å². The maximum Gasteiger partial charge on any atom is 0.337 e. The Morgan fingerprint density at radius 1 is 0.970 bits per heavy atom. The van der Waals surface area contributed by atoms with Crippen molar-refractivity contribution in [2.75, 3.05) is 11.8 Å². The van der Waals surface area contributed by atoms with E-state index in [0.29, 0.717) is 21.6 Å². The molecule has 0 unspecified atom stereocenters. The summed E-state index contributed by atoms with van der Waals surface area (Å²) in [5.41, 5.74) is 1.88. The molecule has 168 valence electrons. The summed E-state index contributed by atoms with van der Waals surface area (Å²) in [4.78, 5) is 29.3. The van der Waals surface area contributed by atoms with Crippen LogP contribution in [0.4, 0.5) is 5.69 Å². The van der Waals surface area contributed by atoms with Gasteiger partial charge in [0.25, 0.3) is 15.9 Å². The summed E-state index contributed by atoms with van der Waals surface area (Å²) in [6.45, 7) is 0. The number of aryl methyl sites for hydroxylation is 1. The van der Waals surface area contributed by atoms with E-state index >= 15 is 0 Å². The Kier molecular flexibility index (Phi) is 6.12. The molecule has 0 saturated carbocycles. The molecule has 1 aromatic heterocycles. The van der Waals surface area contributed by atoms with E-state index in [2.05, 4.69) is 9.71 Å².